The van der Waals surface area contributed by atoms with Gasteiger partial charge in [-0.05, 0) is 12.8 Å². The lowest BCUT2D eigenvalue weighted by Crippen LogP contribution is -2.29. The first kappa shape index (κ1) is 16.1. The topological polar surface area (TPSA) is 111 Å². The van der Waals surface area contributed by atoms with E-state index < -0.39 is 23.3 Å². The van der Waals surface area contributed by atoms with Crippen LogP contribution in [0.4, 0.5) is 0 Å². The van der Waals surface area contributed by atoms with Gasteiger partial charge in [-0.3, -0.25) is 19.2 Å². The lowest BCUT2D eigenvalue weighted by molar-refractivity contribution is -0.302. The second-order valence-corrected chi connectivity index (χ2v) is 4.34. The van der Waals surface area contributed by atoms with Crippen LogP contribution in [-0.4, -0.2) is 29.9 Å². The van der Waals surface area contributed by atoms with E-state index in [0.29, 0.717) is 13.0 Å². The van der Waals surface area contributed by atoms with Crippen LogP contribution in [0, 0.1) is 0 Å². The normalized spacial score (nSPS) is 20.8. The van der Waals surface area contributed by atoms with E-state index in [1.807, 2.05) is 0 Å². The summed E-state index contributed by atoms with van der Waals surface area (Å²) in [6.07, 6.45) is 4.88. The fourth-order valence-electron chi connectivity index (χ4n) is 1.65. The summed E-state index contributed by atoms with van der Waals surface area (Å²) in [5.41, 5.74) is 0. The molecule has 20 heavy (non-hydrogen) atoms. The number of ketones is 3. The monoisotopic (exact) mass is 284 g/mol. The lowest BCUT2D eigenvalue weighted by Gasteiger charge is -2.02. The Bertz CT molecular complexity index is 418. The Balaban J connectivity index is 2.60. The summed E-state index contributed by atoms with van der Waals surface area (Å²) in [4.78, 5) is 54.0. The van der Waals surface area contributed by atoms with Gasteiger partial charge in [-0.1, -0.05) is 30.8 Å². The van der Waals surface area contributed by atoms with Crippen LogP contribution in [-0.2, 0) is 29.1 Å². The Hall–Kier alpha value is -1.96. The highest BCUT2D eigenvalue weighted by Crippen LogP contribution is 2.08. The van der Waals surface area contributed by atoms with Crippen LogP contribution >= 0.6 is 0 Å². The number of hydrogen-bond acceptors (Lipinski definition) is 7. The molecule has 0 spiro atoms. The lowest BCUT2D eigenvalue weighted by atomic mass is 10.0. The molecule has 0 saturated carbocycles. The van der Waals surface area contributed by atoms with Crippen molar-refractivity contribution in [3.05, 3.63) is 0 Å². The molecule has 0 N–H and O–H groups in total. The van der Waals surface area contributed by atoms with Crippen LogP contribution in [0.2, 0.25) is 0 Å². The van der Waals surface area contributed by atoms with Gasteiger partial charge in [-0.15, -0.1) is 0 Å². The molecule has 1 aliphatic rings. The van der Waals surface area contributed by atoms with E-state index in [0.717, 1.165) is 32.1 Å². The van der Waals surface area contributed by atoms with E-state index in [2.05, 4.69) is 20.3 Å². The molecule has 0 aromatic rings. The number of rotatable bonds is 0. The molecule has 0 bridgehead atoms. The Morgan fingerprint density at radius 1 is 0.800 bits per heavy atom. The highest BCUT2D eigenvalue weighted by molar-refractivity contribution is 6.77. The van der Waals surface area contributed by atoms with Crippen molar-refractivity contribution in [2.75, 3.05) is 6.61 Å². The molecule has 1 rings (SSSR count). The van der Waals surface area contributed by atoms with Gasteiger partial charge in [0, 0.05) is 6.42 Å². The molecular formula is C12H16N2O6. The summed E-state index contributed by atoms with van der Waals surface area (Å²) in [7, 11) is 0. The molecule has 0 saturated heterocycles. The van der Waals surface area contributed by atoms with Crippen molar-refractivity contribution in [1.29, 1.82) is 0 Å². The van der Waals surface area contributed by atoms with Gasteiger partial charge in [0.25, 0.3) is 11.6 Å². The second-order valence-electron chi connectivity index (χ2n) is 4.34. The largest absolute Gasteiger partial charge is 0.342 e. The van der Waals surface area contributed by atoms with Gasteiger partial charge >= 0.3 is 5.91 Å². The molecule has 1 aliphatic heterocycles. The summed E-state index contributed by atoms with van der Waals surface area (Å²) in [6.45, 7) is 0.290. The van der Waals surface area contributed by atoms with Gasteiger partial charge in [0.1, 0.15) is 0 Å². The first-order valence-corrected chi connectivity index (χ1v) is 6.48. The van der Waals surface area contributed by atoms with Crippen molar-refractivity contribution in [3.8, 4) is 0 Å². The Morgan fingerprint density at radius 2 is 1.45 bits per heavy atom. The summed E-state index contributed by atoms with van der Waals surface area (Å²) >= 11 is 0. The minimum absolute atomic E-state index is 0.0331. The fraction of sp³-hybridized carbons (Fsp3) is 0.667. The predicted octanol–water partition coefficient (Wildman–Crippen LogP) is 1.28. The zero-order valence-electron chi connectivity index (χ0n) is 11.0. The van der Waals surface area contributed by atoms with Crippen molar-refractivity contribution < 1.29 is 29.1 Å². The highest BCUT2D eigenvalue weighted by Gasteiger charge is 2.28. The van der Waals surface area contributed by atoms with E-state index in [1.165, 1.54) is 0 Å². The van der Waals surface area contributed by atoms with Crippen LogP contribution in [0.15, 0.2) is 10.4 Å². The third-order valence-electron chi connectivity index (χ3n) is 2.75. The van der Waals surface area contributed by atoms with Crippen molar-refractivity contribution in [3.63, 3.8) is 0 Å². The van der Waals surface area contributed by atoms with Crippen molar-refractivity contribution in [1.82, 2.24) is 0 Å². The SMILES string of the molecule is O=C1CCCCCCCCOON=NC(=O)C(=O)C1=O. The standard InChI is InChI=1S/C12H16N2O6/c15-9-7-5-3-1-2-4-6-8-19-20-14-13-12(18)11(17)10(9)16/h1-8H2. The smallest absolute Gasteiger partial charge is 0.290 e. The van der Waals surface area contributed by atoms with Crippen molar-refractivity contribution in [2.45, 2.75) is 44.9 Å². The maximum atomic E-state index is 11.4. The summed E-state index contributed by atoms with van der Waals surface area (Å²) in [5, 5.41) is 5.70. The molecule has 0 aliphatic carbocycles. The van der Waals surface area contributed by atoms with E-state index in [1.54, 1.807) is 0 Å². The van der Waals surface area contributed by atoms with Gasteiger partial charge in [0.15, 0.2) is 0 Å². The minimum atomic E-state index is -1.51. The quantitative estimate of drug-likeness (QED) is 0.489. The van der Waals surface area contributed by atoms with E-state index >= 15 is 0 Å². The average molecular weight is 284 g/mol. The minimum Gasteiger partial charge on any atom is -0.290 e. The first-order valence-electron chi connectivity index (χ1n) is 6.48. The van der Waals surface area contributed by atoms with Crippen molar-refractivity contribution in [2.24, 2.45) is 10.4 Å². The van der Waals surface area contributed by atoms with Gasteiger partial charge in [0.2, 0.25) is 5.78 Å². The van der Waals surface area contributed by atoms with Gasteiger partial charge in [0.05, 0.1) is 11.9 Å². The number of Topliss-reactive ketones (excluding diaryl/α,β-unsaturated/α-hetero) is 3. The first-order chi connectivity index (χ1) is 9.63. The van der Waals surface area contributed by atoms with Gasteiger partial charge in [-0.25, -0.2) is 0 Å². The number of carbonyl (C=O) groups is 4. The second kappa shape index (κ2) is 9.03. The molecule has 1 amide bonds. The number of carbonyl (C=O) groups excluding carboxylic acids is 4. The Labute approximate surface area is 115 Å². The molecule has 110 valence electrons. The van der Waals surface area contributed by atoms with E-state index in [9.17, 15) is 19.2 Å². The molecule has 0 radical (unpaired) electrons. The third kappa shape index (κ3) is 5.79. The zero-order valence-corrected chi connectivity index (χ0v) is 11.0. The molecule has 0 atom stereocenters. The van der Waals surface area contributed by atoms with Gasteiger partial charge in [-0.2, -0.15) is 9.88 Å². The predicted molar refractivity (Wildman–Crippen MR) is 64.2 cm³/mol. The highest BCUT2D eigenvalue weighted by atomic mass is 17.3. The van der Waals surface area contributed by atoms with E-state index in [4.69, 9.17) is 0 Å². The molecule has 0 aromatic carbocycles. The Morgan fingerprint density at radius 3 is 2.20 bits per heavy atom. The van der Waals surface area contributed by atoms with Crippen molar-refractivity contribution >= 4 is 23.3 Å². The van der Waals surface area contributed by atoms with Crippen LogP contribution in [0.3, 0.4) is 0 Å². The molecule has 0 fully saturated rings. The summed E-state index contributed by atoms with van der Waals surface area (Å²) < 4.78 is 0. The Kier molecular flexibility index (Phi) is 7.26. The molecule has 1 heterocycles. The number of amides is 1. The van der Waals surface area contributed by atoms with Crippen LogP contribution in [0.1, 0.15) is 44.9 Å². The maximum absolute atomic E-state index is 11.4. The maximum Gasteiger partial charge on any atom is 0.342 e. The van der Waals surface area contributed by atoms with Crippen LogP contribution < -0.4 is 0 Å². The molecule has 8 heteroatoms. The number of hydrogen-bond donors (Lipinski definition) is 0. The third-order valence-corrected chi connectivity index (χ3v) is 2.75. The number of nitrogens with zero attached hydrogens (tertiary/aromatic N) is 2. The summed E-state index contributed by atoms with van der Waals surface area (Å²) in [6, 6.07) is 0. The van der Waals surface area contributed by atoms with Crippen LogP contribution in [0.25, 0.3) is 0 Å². The van der Waals surface area contributed by atoms with Gasteiger partial charge < -0.3 is 0 Å². The molecule has 0 unspecified atom stereocenters. The van der Waals surface area contributed by atoms with E-state index in [-0.39, 0.29) is 6.42 Å². The van der Waals surface area contributed by atoms with Crippen LogP contribution in [0.5, 0.6) is 0 Å². The average Bonchev–Trinajstić information content (AvgIpc) is 2.45. The molecule has 8 nitrogen and oxygen atoms in total. The zero-order chi connectivity index (χ0) is 14.8. The molecular weight excluding hydrogens is 268 g/mol. The fourth-order valence-corrected chi connectivity index (χ4v) is 1.65. The summed E-state index contributed by atoms with van der Waals surface area (Å²) in [5.74, 6) is -5.18. The molecule has 0 aromatic heterocycles.